The highest BCUT2D eigenvalue weighted by Gasteiger charge is 2.51. The van der Waals surface area contributed by atoms with Crippen LogP contribution < -0.4 is 0 Å². The molecule has 256 valence electrons. The van der Waals surface area contributed by atoms with Gasteiger partial charge in [-0.05, 0) is 64.5 Å². The lowest BCUT2D eigenvalue weighted by molar-refractivity contribution is -0.137. The summed E-state index contributed by atoms with van der Waals surface area (Å²) in [7, 11) is 0. The molecule has 14 heteroatoms. The molecule has 3 fully saturated rings. The highest BCUT2D eigenvalue weighted by atomic mass is 35.5. The summed E-state index contributed by atoms with van der Waals surface area (Å²) in [4.78, 5) is 59.4. The lowest BCUT2D eigenvalue weighted by atomic mass is 9.66. The number of hydrogen-bond acceptors (Lipinski definition) is 7. The number of carboxylic acid groups (broad SMARTS) is 2. The van der Waals surface area contributed by atoms with Crippen molar-refractivity contribution in [3.05, 3.63) is 56.3 Å². The molecule has 0 aromatic heterocycles. The molecule has 4 aliphatic rings. The maximum Gasteiger partial charge on any atom is 0.411 e. The third kappa shape index (κ3) is 6.56. The Hall–Kier alpha value is -2.99. The van der Waals surface area contributed by atoms with Gasteiger partial charge in [0.2, 0.25) is 5.91 Å². The van der Waals surface area contributed by atoms with Crippen LogP contribution in [0.1, 0.15) is 52.5 Å². The lowest BCUT2D eigenvalue weighted by Gasteiger charge is -2.53. The number of carboxylic acids is 2. The van der Waals surface area contributed by atoms with Crippen LogP contribution in [0.3, 0.4) is 0 Å². The molecule has 1 aromatic carbocycles. The van der Waals surface area contributed by atoms with Crippen LogP contribution in [0.4, 0.5) is 4.79 Å². The van der Waals surface area contributed by atoms with E-state index in [0.717, 1.165) is 19.3 Å². The Balaban J connectivity index is 1.33. The molecule has 3 unspecified atom stereocenters. The predicted molar refractivity (Wildman–Crippen MR) is 177 cm³/mol. The number of piperidine rings is 1. The van der Waals surface area contributed by atoms with Gasteiger partial charge in [0, 0.05) is 72.3 Å². The fourth-order valence-corrected chi connectivity index (χ4v) is 9.29. The SMILES string of the molecule is CC1=C(C(=O)O)C(C)(c2c(Cl)cccc2Cl)C(C(=O)O)=C(C)N1CC(=O)N1CCN(C2C3CCCC2CN(C(=O)OC(C)Cl)C3)CC1. The van der Waals surface area contributed by atoms with Crippen molar-refractivity contribution >= 4 is 58.7 Å². The predicted octanol–water partition coefficient (Wildman–Crippen LogP) is 5.25. The molecule has 0 radical (unpaired) electrons. The minimum absolute atomic E-state index is 0.139. The van der Waals surface area contributed by atoms with Gasteiger partial charge in [-0.1, -0.05) is 47.3 Å². The number of benzene rings is 1. The van der Waals surface area contributed by atoms with E-state index in [-0.39, 0.29) is 56.7 Å². The molecular formula is C33H41Cl3N4O7. The first-order valence-corrected chi connectivity index (χ1v) is 17.1. The molecule has 3 atom stereocenters. The first-order valence-electron chi connectivity index (χ1n) is 15.9. The number of carbonyl (C=O) groups excluding carboxylic acids is 2. The van der Waals surface area contributed by atoms with E-state index in [1.165, 1.54) is 11.8 Å². The number of carbonyl (C=O) groups is 4. The van der Waals surface area contributed by atoms with Crippen LogP contribution in [-0.2, 0) is 24.5 Å². The Morgan fingerprint density at radius 1 is 0.915 bits per heavy atom. The van der Waals surface area contributed by atoms with Gasteiger partial charge >= 0.3 is 18.0 Å². The second-order valence-electron chi connectivity index (χ2n) is 13.0. The maximum atomic E-state index is 13.7. The van der Waals surface area contributed by atoms with Crippen LogP contribution in [0.2, 0.25) is 10.0 Å². The van der Waals surface area contributed by atoms with Crippen molar-refractivity contribution in [3.63, 3.8) is 0 Å². The van der Waals surface area contributed by atoms with E-state index in [0.29, 0.717) is 57.1 Å². The van der Waals surface area contributed by atoms with Crippen LogP contribution >= 0.6 is 34.8 Å². The van der Waals surface area contributed by atoms with E-state index in [9.17, 15) is 29.4 Å². The van der Waals surface area contributed by atoms with Gasteiger partial charge in [-0.25, -0.2) is 14.4 Å². The van der Waals surface area contributed by atoms with Crippen molar-refractivity contribution < 1.29 is 34.1 Å². The van der Waals surface area contributed by atoms with E-state index in [4.69, 9.17) is 39.5 Å². The Kier molecular flexibility index (Phi) is 10.4. The Bertz CT molecular complexity index is 1450. The van der Waals surface area contributed by atoms with Crippen molar-refractivity contribution in [2.24, 2.45) is 11.8 Å². The Labute approximate surface area is 289 Å². The summed E-state index contributed by atoms with van der Waals surface area (Å²) in [6, 6.07) is 4.99. The Morgan fingerprint density at radius 2 is 1.43 bits per heavy atom. The standard InChI is InChI=1S/C33H41Cl3N4O7/c1-18-26(30(42)43)33(4,28-23(35)9-6-10-24(28)36)27(31(44)45)19(2)40(18)17-25(41)37-11-13-38(14-12-37)29-21-7-5-8-22(29)16-39(15-21)32(46)47-20(3)34/h6,9-10,20-22,29H,5,7-8,11-17H2,1-4H3,(H,42,43)(H,44,45). The molecule has 2 N–H and O–H groups in total. The molecule has 5 rings (SSSR count). The van der Waals surface area contributed by atoms with Crippen LogP contribution in [-0.4, -0.2) is 111 Å². The van der Waals surface area contributed by atoms with E-state index in [2.05, 4.69) is 4.90 Å². The van der Waals surface area contributed by atoms with E-state index >= 15 is 0 Å². The number of halogens is 3. The minimum Gasteiger partial charge on any atom is -0.478 e. The second kappa shape index (κ2) is 13.9. The summed E-state index contributed by atoms with van der Waals surface area (Å²) in [5.74, 6) is -2.28. The van der Waals surface area contributed by atoms with E-state index in [1.807, 2.05) is 0 Å². The molecule has 3 heterocycles. The van der Waals surface area contributed by atoms with Crippen molar-refractivity contribution in [1.29, 1.82) is 0 Å². The van der Waals surface area contributed by atoms with Crippen molar-refractivity contribution in [2.75, 3.05) is 45.8 Å². The summed E-state index contributed by atoms with van der Waals surface area (Å²) in [5.41, 5.74) is -2.14. The smallest absolute Gasteiger partial charge is 0.411 e. The zero-order chi connectivity index (χ0) is 34.4. The van der Waals surface area contributed by atoms with Crippen LogP contribution in [0.5, 0.6) is 0 Å². The van der Waals surface area contributed by atoms with Crippen molar-refractivity contribution in [1.82, 2.24) is 19.6 Å². The van der Waals surface area contributed by atoms with Gasteiger partial charge in [0.1, 0.15) is 6.54 Å². The van der Waals surface area contributed by atoms with Gasteiger partial charge in [0.25, 0.3) is 0 Å². The van der Waals surface area contributed by atoms with Crippen LogP contribution in [0.15, 0.2) is 40.7 Å². The summed E-state index contributed by atoms with van der Waals surface area (Å²) in [6.07, 6.45) is 2.77. The van der Waals surface area contributed by atoms with E-state index in [1.54, 1.807) is 48.8 Å². The first kappa shape index (κ1) is 35.3. The number of amides is 2. The highest BCUT2D eigenvalue weighted by molar-refractivity contribution is 6.36. The normalized spacial score (nSPS) is 25.5. The van der Waals surface area contributed by atoms with Gasteiger partial charge in [0.15, 0.2) is 5.56 Å². The largest absolute Gasteiger partial charge is 0.478 e. The number of ether oxygens (including phenoxy) is 1. The molecule has 3 aliphatic heterocycles. The number of aliphatic carboxylic acids is 2. The third-order valence-electron chi connectivity index (χ3n) is 10.4. The number of rotatable bonds is 7. The number of fused-ring (bicyclic) bond motifs is 2. The van der Waals surface area contributed by atoms with Gasteiger partial charge in [-0.3, -0.25) is 9.69 Å². The molecule has 2 amide bonds. The molecular weight excluding hydrogens is 671 g/mol. The summed E-state index contributed by atoms with van der Waals surface area (Å²) >= 11 is 18.9. The number of allylic oxidation sites excluding steroid dienone is 2. The third-order valence-corrected chi connectivity index (χ3v) is 11.1. The lowest BCUT2D eigenvalue weighted by Crippen LogP contribution is -2.63. The second-order valence-corrected chi connectivity index (χ2v) is 14.5. The van der Waals surface area contributed by atoms with Crippen LogP contribution in [0, 0.1) is 11.8 Å². The summed E-state index contributed by atoms with van der Waals surface area (Å²) in [6.45, 7) is 9.59. The summed E-state index contributed by atoms with van der Waals surface area (Å²) < 4.78 is 5.24. The zero-order valence-corrected chi connectivity index (χ0v) is 29.2. The first-order chi connectivity index (χ1) is 22.2. The van der Waals surface area contributed by atoms with Crippen LogP contribution in [0.25, 0.3) is 0 Å². The fraction of sp³-hybridized carbons (Fsp3) is 0.576. The van der Waals surface area contributed by atoms with Crippen molar-refractivity contribution in [3.8, 4) is 0 Å². The monoisotopic (exact) mass is 710 g/mol. The molecule has 2 bridgehead atoms. The molecule has 1 aromatic rings. The Morgan fingerprint density at radius 3 is 1.89 bits per heavy atom. The van der Waals surface area contributed by atoms with Gasteiger partial charge in [-0.2, -0.15) is 0 Å². The average molecular weight is 712 g/mol. The fourth-order valence-electron chi connectivity index (χ4n) is 8.44. The molecule has 47 heavy (non-hydrogen) atoms. The maximum absolute atomic E-state index is 13.7. The van der Waals surface area contributed by atoms with Gasteiger partial charge in [0.05, 0.1) is 16.6 Å². The number of alkyl halides is 1. The molecule has 1 saturated carbocycles. The number of nitrogens with zero attached hydrogens (tertiary/aromatic N) is 4. The van der Waals surface area contributed by atoms with E-state index < -0.39 is 22.9 Å². The number of hydrogen-bond donors (Lipinski definition) is 2. The molecule has 11 nitrogen and oxygen atoms in total. The topological polar surface area (TPSA) is 131 Å². The average Bonchev–Trinajstić information content (AvgIpc) is 2.97. The molecule has 0 spiro atoms. The number of likely N-dealkylation sites (tertiary alicyclic amines) is 1. The quantitative estimate of drug-likeness (QED) is 0.364. The minimum atomic E-state index is -1.70. The number of piperazine rings is 1. The zero-order valence-electron chi connectivity index (χ0n) is 27.0. The summed E-state index contributed by atoms with van der Waals surface area (Å²) in [5, 5.41) is 21.2. The van der Waals surface area contributed by atoms with Gasteiger partial charge in [-0.15, -0.1) is 0 Å². The van der Waals surface area contributed by atoms with Gasteiger partial charge < -0.3 is 29.6 Å². The molecule has 1 aliphatic carbocycles. The highest BCUT2D eigenvalue weighted by Crippen LogP contribution is 2.51. The van der Waals surface area contributed by atoms with Crippen molar-refractivity contribution in [2.45, 2.75) is 64.0 Å². The molecule has 2 saturated heterocycles.